The van der Waals surface area contributed by atoms with Gasteiger partial charge in [-0.3, -0.25) is 9.59 Å². The van der Waals surface area contributed by atoms with Gasteiger partial charge in [0.25, 0.3) is 21.5 Å². The number of carbonyl (C=O) groups is 1. The Balaban J connectivity index is 1.90. The number of nitrogens with zero attached hydrogens (tertiary/aromatic N) is 2. The molecule has 1 saturated heterocycles. The number of likely N-dealkylation sites (tertiary alicyclic amines) is 1. The van der Waals surface area contributed by atoms with Gasteiger partial charge in [-0.2, -0.15) is 0 Å². The molecule has 10 nitrogen and oxygen atoms in total. The summed E-state index contributed by atoms with van der Waals surface area (Å²) in [5, 5.41) is 8.26. The van der Waals surface area contributed by atoms with Gasteiger partial charge in [-0.1, -0.05) is 0 Å². The summed E-state index contributed by atoms with van der Waals surface area (Å²) in [7, 11) is -0.910. The molecule has 3 aromatic rings. The lowest BCUT2D eigenvalue weighted by atomic mass is 10.1. The average molecular weight is 512 g/mol. The number of amides is 1. The van der Waals surface area contributed by atoms with E-state index >= 15 is 4.39 Å². The number of aromatic amines is 1. The maximum atomic E-state index is 15.3. The van der Waals surface area contributed by atoms with Crippen LogP contribution in [0.1, 0.15) is 30.3 Å². The summed E-state index contributed by atoms with van der Waals surface area (Å²) in [5.74, 6) is -1.71. The van der Waals surface area contributed by atoms with Crippen LogP contribution < -0.4 is 20.8 Å². The van der Waals surface area contributed by atoms with E-state index in [2.05, 4.69) is 15.2 Å². The molecule has 0 aliphatic carbocycles. The fourth-order valence-electron chi connectivity index (χ4n) is 4.13. The lowest BCUT2D eigenvalue weighted by molar-refractivity contribution is 0.0951. The van der Waals surface area contributed by atoms with Crippen LogP contribution in [0.2, 0.25) is 0 Å². The number of hydrogen-bond donors (Lipinski definition) is 3. The van der Waals surface area contributed by atoms with Crippen LogP contribution in [0.4, 0.5) is 4.39 Å². The molecule has 34 heavy (non-hydrogen) atoms. The summed E-state index contributed by atoms with van der Waals surface area (Å²) in [6.45, 7) is 3.20. The van der Waals surface area contributed by atoms with E-state index in [-0.39, 0.29) is 34.5 Å². The second-order valence-electron chi connectivity index (χ2n) is 8.28. The Hall–Kier alpha value is -2.74. The first-order valence-electron chi connectivity index (χ1n) is 10.7. The average Bonchev–Trinajstić information content (AvgIpc) is 3.46. The zero-order valence-electron chi connectivity index (χ0n) is 19.0. The van der Waals surface area contributed by atoms with E-state index in [9.17, 15) is 18.0 Å². The van der Waals surface area contributed by atoms with Crippen LogP contribution in [-0.2, 0) is 17.1 Å². The summed E-state index contributed by atoms with van der Waals surface area (Å²) in [4.78, 5) is 30.2. The Morgan fingerprint density at radius 1 is 1.41 bits per heavy atom. The van der Waals surface area contributed by atoms with Crippen LogP contribution in [-0.4, -0.2) is 61.6 Å². The summed E-state index contributed by atoms with van der Waals surface area (Å²) in [5.41, 5.74) is 0.236. The van der Waals surface area contributed by atoms with E-state index in [1.165, 1.54) is 23.9 Å². The highest BCUT2D eigenvalue weighted by Crippen LogP contribution is 2.45. The van der Waals surface area contributed by atoms with Gasteiger partial charge in [0.1, 0.15) is 17.8 Å². The zero-order chi connectivity index (χ0) is 24.8. The molecule has 4 N–H and O–H groups in total. The maximum Gasteiger partial charge on any atom is 0.274 e. The molecule has 184 valence electrons. The van der Waals surface area contributed by atoms with Gasteiger partial charge in [-0.25, -0.2) is 17.9 Å². The summed E-state index contributed by atoms with van der Waals surface area (Å²) in [6, 6.07) is 1.54. The third-order valence-corrected chi connectivity index (χ3v) is 8.54. The third-order valence-electron chi connectivity index (χ3n) is 5.92. The van der Waals surface area contributed by atoms with Crippen LogP contribution in [0, 0.1) is 5.82 Å². The predicted octanol–water partition coefficient (Wildman–Crippen LogP) is 1.60. The Labute approximate surface area is 199 Å². The molecule has 0 saturated carbocycles. The van der Waals surface area contributed by atoms with Crippen molar-refractivity contribution >= 4 is 38.2 Å². The fraction of sp³-hybridized carbons (Fsp3) is 0.429. The van der Waals surface area contributed by atoms with Gasteiger partial charge in [-0.15, -0.1) is 11.3 Å². The number of carbonyl (C=O) groups excluding carboxylic acids is 1. The molecule has 0 spiro atoms. The number of sulfonamides is 1. The standard InChI is InChI=1S/C21H26FN5O5S2/c1-4-24-19(28)14-8-12-13(9-27(3)20(29)16(12)25-14)18-17(15(22)21(33-18)34(23,30)31)32-10-11-6-5-7-26(11)2/h8-9,11,25H,4-7,10H2,1-3H3,(H,24,28)(H2,23,30,31). The summed E-state index contributed by atoms with van der Waals surface area (Å²) in [6.07, 6.45) is 3.32. The number of H-pyrrole nitrogens is 1. The minimum absolute atomic E-state index is 0.0573. The van der Waals surface area contributed by atoms with E-state index < -0.39 is 31.5 Å². The number of rotatable bonds is 7. The number of fused-ring (bicyclic) bond motifs is 1. The Kier molecular flexibility index (Phi) is 6.55. The normalized spacial score (nSPS) is 16.9. The van der Waals surface area contributed by atoms with Crippen LogP contribution in [0.5, 0.6) is 5.75 Å². The second-order valence-corrected chi connectivity index (χ2v) is 11.1. The number of aryl methyl sites for hydroxylation is 1. The molecule has 1 fully saturated rings. The number of halogens is 1. The molecule has 3 aromatic heterocycles. The first-order chi connectivity index (χ1) is 16.0. The first-order valence-corrected chi connectivity index (χ1v) is 13.1. The van der Waals surface area contributed by atoms with Gasteiger partial charge in [0, 0.05) is 36.8 Å². The molecule has 1 unspecified atom stereocenters. The lowest BCUT2D eigenvalue weighted by Crippen LogP contribution is -2.30. The molecule has 1 aliphatic heterocycles. The van der Waals surface area contributed by atoms with Crippen molar-refractivity contribution < 1.29 is 22.3 Å². The van der Waals surface area contributed by atoms with E-state index in [1.54, 1.807) is 6.92 Å². The molecule has 4 heterocycles. The monoisotopic (exact) mass is 511 g/mol. The molecule has 1 atom stereocenters. The molecule has 13 heteroatoms. The Morgan fingerprint density at radius 3 is 2.76 bits per heavy atom. The predicted molar refractivity (Wildman–Crippen MR) is 127 cm³/mol. The van der Waals surface area contributed by atoms with Crippen molar-refractivity contribution in [3.05, 3.63) is 34.1 Å². The molecule has 0 radical (unpaired) electrons. The van der Waals surface area contributed by atoms with Crippen molar-refractivity contribution in [2.24, 2.45) is 12.2 Å². The van der Waals surface area contributed by atoms with Crippen LogP contribution >= 0.6 is 11.3 Å². The van der Waals surface area contributed by atoms with Gasteiger partial charge in [0.2, 0.25) is 0 Å². The third kappa shape index (κ3) is 4.35. The summed E-state index contributed by atoms with van der Waals surface area (Å²) < 4.78 is 46.0. The molecule has 1 aliphatic rings. The number of nitrogens with one attached hydrogen (secondary N) is 2. The van der Waals surface area contributed by atoms with Crippen molar-refractivity contribution in [2.45, 2.75) is 30.0 Å². The molecular weight excluding hydrogens is 485 g/mol. The number of likely N-dealkylation sites (N-methyl/N-ethyl adjacent to an activating group) is 1. The molecule has 0 aromatic carbocycles. The number of hydrogen-bond acceptors (Lipinski definition) is 7. The molecule has 0 bridgehead atoms. The van der Waals surface area contributed by atoms with Crippen LogP contribution in [0.15, 0.2) is 21.3 Å². The largest absolute Gasteiger partial charge is 0.487 e. The van der Waals surface area contributed by atoms with Crippen molar-refractivity contribution in [3.63, 3.8) is 0 Å². The van der Waals surface area contributed by atoms with Crippen molar-refractivity contribution in [2.75, 3.05) is 26.7 Å². The summed E-state index contributed by atoms with van der Waals surface area (Å²) >= 11 is 0.630. The smallest absolute Gasteiger partial charge is 0.274 e. The second kappa shape index (κ2) is 9.13. The van der Waals surface area contributed by atoms with Gasteiger partial charge >= 0.3 is 0 Å². The van der Waals surface area contributed by atoms with Gasteiger partial charge in [0.05, 0.1) is 4.88 Å². The first kappa shape index (κ1) is 24.4. The van der Waals surface area contributed by atoms with E-state index in [0.717, 1.165) is 19.4 Å². The zero-order valence-corrected chi connectivity index (χ0v) is 20.6. The van der Waals surface area contributed by atoms with Crippen LogP contribution in [0.3, 0.4) is 0 Å². The van der Waals surface area contributed by atoms with Gasteiger partial charge in [-0.05, 0) is 39.4 Å². The quantitative estimate of drug-likeness (QED) is 0.440. The highest BCUT2D eigenvalue weighted by Gasteiger charge is 2.31. The lowest BCUT2D eigenvalue weighted by Gasteiger charge is -2.20. The van der Waals surface area contributed by atoms with Gasteiger partial charge < -0.3 is 24.5 Å². The number of aromatic nitrogens is 2. The fourth-order valence-corrected chi connectivity index (χ4v) is 6.07. The number of ether oxygens (including phenoxy) is 1. The number of nitrogens with two attached hydrogens (primary N) is 1. The number of primary sulfonamides is 1. The van der Waals surface area contributed by atoms with Crippen molar-refractivity contribution in [3.8, 4) is 16.2 Å². The SMILES string of the molecule is CCNC(=O)c1cc2c(-c3sc(S(N)(=O)=O)c(F)c3OCC3CCCN3C)cn(C)c(=O)c2[nH]1. The van der Waals surface area contributed by atoms with E-state index in [1.807, 2.05) is 7.05 Å². The minimum Gasteiger partial charge on any atom is -0.487 e. The Bertz CT molecular complexity index is 1430. The van der Waals surface area contributed by atoms with Crippen molar-refractivity contribution in [1.82, 2.24) is 19.8 Å². The Morgan fingerprint density at radius 2 is 2.15 bits per heavy atom. The number of pyridine rings is 1. The molecule has 1 amide bonds. The topological polar surface area (TPSA) is 140 Å². The van der Waals surface area contributed by atoms with Crippen LogP contribution in [0.25, 0.3) is 21.3 Å². The van der Waals surface area contributed by atoms with E-state index in [4.69, 9.17) is 9.88 Å². The maximum absolute atomic E-state index is 15.3. The van der Waals surface area contributed by atoms with Gasteiger partial charge in [0.15, 0.2) is 15.8 Å². The minimum atomic E-state index is -4.37. The van der Waals surface area contributed by atoms with Crippen molar-refractivity contribution in [1.29, 1.82) is 0 Å². The van der Waals surface area contributed by atoms with E-state index in [0.29, 0.717) is 28.8 Å². The molecular formula is C21H26FN5O5S2. The molecule has 4 rings (SSSR count). The number of thiophene rings is 1. The highest BCUT2D eigenvalue weighted by atomic mass is 32.2. The highest BCUT2D eigenvalue weighted by molar-refractivity contribution is 7.91.